The molecule has 21 heavy (non-hydrogen) atoms. The van der Waals surface area contributed by atoms with Crippen LogP contribution in [0.2, 0.25) is 0 Å². The van der Waals surface area contributed by atoms with E-state index in [0.29, 0.717) is 4.99 Å². The molecule has 2 rings (SSSR count). The molecule has 0 spiro atoms. The van der Waals surface area contributed by atoms with E-state index in [1.807, 2.05) is 38.1 Å². The lowest BCUT2D eigenvalue weighted by molar-refractivity contribution is 0.625. The van der Waals surface area contributed by atoms with Gasteiger partial charge in [-0.1, -0.05) is 30.4 Å². The molecular weight excluding hydrogens is 283 g/mol. The Bertz CT molecular complexity index is 668. The number of aryl methyl sites for hydroxylation is 2. The second-order valence-corrected chi connectivity index (χ2v) is 5.55. The van der Waals surface area contributed by atoms with Crippen molar-refractivity contribution in [2.45, 2.75) is 20.3 Å². The summed E-state index contributed by atoms with van der Waals surface area (Å²) >= 11 is 5.08. The molecule has 0 aliphatic heterocycles. The minimum Gasteiger partial charge on any atom is -0.389 e. The van der Waals surface area contributed by atoms with E-state index in [9.17, 15) is 4.39 Å². The molecule has 0 saturated carbocycles. The van der Waals surface area contributed by atoms with Gasteiger partial charge in [0.1, 0.15) is 10.8 Å². The zero-order chi connectivity index (χ0) is 15.4. The van der Waals surface area contributed by atoms with Crippen molar-refractivity contribution in [2.24, 2.45) is 5.73 Å². The molecular formula is C17H19FN2S. The number of benzene rings is 2. The second-order valence-electron chi connectivity index (χ2n) is 5.11. The maximum Gasteiger partial charge on any atom is 0.123 e. The van der Waals surface area contributed by atoms with Crippen LogP contribution in [0.3, 0.4) is 0 Å². The molecule has 2 aromatic carbocycles. The van der Waals surface area contributed by atoms with Gasteiger partial charge in [0, 0.05) is 17.8 Å². The van der Waals surface area contributed by atoms with Crippen LogP contribution in [0, 0.1) is 19.7 Å². The van der Waals surface area contributed by atoms with Crippen molar-refractivity contribution in [3.05, 3.63) is 64.5 Å². The first-order valence-corrected chi connectivity index (χ1v) is 7.28. The van der Waals surface area contributed by atoms with Gasteiger partial charge in [0.15, 0.2) is 0 Å². The van der Waals surface area contributed by atoms with Crippen LogP contribution in [0.4, 0.5) is 10.1 Å². The molecule has 110 valence electrons. The van der Waals surface area contributed by atoms with Crippen LogP contribution < -0.4 is 11.1 Å². The fourth-order valence-electron chi connectivity index (χ4n) is 2.37. The van der Waals surface area contributed by atoms with Crippen LogP contribution in [0.25, 0.3) is 0 Å². The Labute approximate surface area is 130 Å². The molecule has 0 heterocycles. The topological polar surface area (TPSA) is 38.0 Å². The maximum atomic E-state index is 13.1. The lowest BCUT2D eigenvalue weighted by Gasteiger charge is -2.14. The van der Waals surface area contributed by atoms with Gasteiger partial charge in [-0.3, -0.25) is 0 Å². The Balaban J connectivity index is 2.09. The van der Waals surface area contributed by atoms with Gasteiger partial charge in [0.25, 0.3) is 0 Å². The predicted molar refractivity (Wildman–Crippen MR) is 90.4 cm³/mol. The van der Waals surface area contributed by atoms with Gasteiger partial charge >= 0.3 is 0 Å². The minimum absolute atomic E-state index is 0.195. The average Bonchev–Trinajstić information content (AvgIpc) is 2.42. The molecule has 0 fully saturated rings. The quantitative estimate of drug-likeness (QED) is 0.827. The molecule has 2 nitrogen and oxygen atoms in total. The number of thiocarbonyl (C=S) groups is 1. The predicted octanol–water partition coefficient (Wildman–Crippen LogP) is 3.73. The highest BCUT2D eigenvalue weighted by molar-refractivity contribution is 7.80. The summed E-state index contributed by atoms with van der Waals surface area (Å²) in [5.74, 6) is -0.195. The number of para-hydroxylation sites is 1. The number of nitrogens with one attached hydrogen (secondary N) is 1. The molecule has 0 bridgehead atoms. The van der Waals surface area contributed by atoms with Crippen LogP contribution >= 0.6 is 12.2 Å². The molecule has 0 aliphatic rings. The third-order valence-corrected chi connectivity index (χ3v) is 3.76. The van der Waals surface area contributed by atoms with E-state index in [1.54, 1.807) is 6.07 Å². The molecule has 0 radical (unpaired) electrons. The standard InChI is InChI=1S/C17H19FN2S/c1-11-4-3-5-15(17(19)21)16(11)20-9-8-13-6-7-14(18)10-12(13)2/h3-7,10,20H,8-9H2,1-2H3,(H2,19,21). The van der Waals surface area contributed by atoms with E-state index in [-0.39, 0.29) is 5.82 Å². The fourth-order valence-corrected chi connectivity index (χ4v) is 2.54. The van der Waals surface area contributed by atoms with Crippen molar-refractivity contribution in [3.8, 4) is 0 Å². The molecule has 0 atom stereocenters. The molecule has 0 aromatic heterocycles. The van der Waals surface area contributed by atoms with Gasteiger partial charge in [-0.2, -0.15) is 0 Å². The molecule has 0 aliphatic carbocycles. The molecule has 3 N–H and O–H groups in total. The highest BCUT2D eigenvalue weighted by Gasteiger charge is 2.07. The summed E-state index contributed by atoms with van der Waals surface area (Å²) in [6.45, 7) is 4.69. The first-order valence-electron chi connectivity index (χ1n) is 6.87. The van der Waals surface area contributed by atoms with Crippen LogP contribution in [0.15, 0.2) is 36.4 Å². The molecule has 0 saturated heterocycles. The number of hydrogen-bond donors (Lipinski definition) is 2. The van der Waals surface area contributed by atoms with E-state index < -0.39 is 0 Å². The van der Waals surface area contributed by atoms with Crippen LogP contribution in [0.5, 0.6) is 0 Å². The van der Waals surface area contributed by atoms with E-state index in [0.717, 1.165) is 40.9 Å². The summed E-state index contributed by atoms with van der Waals surface area (Å²) in [5.41, 5.74) is 10.8. The summed E-state index contributed by atoms with van der Waals surface area (Å²) < 4.78 is 13.1. The van der Waals surface area contributed by atoms with Gasteiger partial charge in [-0.25, -0.2) is 4.39 Å². The van der Waals surface area contributed by atoms with Crippen LogP contribution in [0.1, 0.15) is 22.3 Å². The molecule has 4 heteroatoms. The summed E-state index contributed by atoms with van der Waals surface area (Å²) in [5, 5.41) is 3.39. The van der Waals surface area contributed by atoms with E-state index >= 15 is 0 Å². The number of anilines is 1. The Morgan fingerprint density at radius 1 is 1.19 bits per heavy atom. The first kappa shape index (κ1) is 15.4. The van der Waals surface area contributed by atoms with Gasteiger partial charge in [0.2, 0.25) is 0 Å². The smallest absolute Gasteiger partial charge is 0.123 e. The SMILES string of the molecule is Cc1cc(F)ccc1CCNc1c(C)cccc1C(N)=S. The van der Waals surface area contributed by atoms with Crippen molar-refractivity contribution < 1.29 is 4.39 Å². The van der Waals surface area contributed by atoms with E-state index in [2.05, 4.69) is 5.32 Å². The zero-order valence-electron chi connectivity index (χ0n) is 12.2. The van der Waals surface area contributed by atoms with Crippen molar-refractivity contribution in [1.29, 1.82) is 0 Å². The molecule has 0 amide bonds. The van der Waals surface area contributed by atoms with Crippen LogP contribution in [-0.4, -0.2) is 11.5 Å². The Hall–Kier alpha value is -1.94. The second kappa shape index (κ2) is 6.68. The van der Waals surface area contributed by atoms with Gasteiger partial charge in [-0.05, 0) is 55.2 Å². The third kappa shape index (κ3) is 3.79. The Morgan fingerprint density at radius 3 is 2.62 bits per heavy atom. The first-order chi connectivity index (χ1) is 9.99. The normalized spacial score (nSPS) is 10.4. The van der Waals surface area contributed by atoms with E-state index in [4.69, 9.17) is 18.0 Å². The monoisotopic (exact) mass is 302 g/mol. The maximum absolute atomic E-state index is 13.1. The molecule has 0 unspecified atom stereocenters. The Morgan fingerprint density at radius 2 is 1.95 bits per heavy atom. The summed E-state index contributed by atoms with van der Waals surface area (Å²) in [4.78, 5) is 0.388. The van der Waals surface area contributed by atoms with Crippen molar-refractivity contribution in [2.75, 3.05) is 11.9 Å². The fraction of sp³-hybridized carbons (Fsp3) is 0.235. The van der Waals surface area contributed by atoms with E-state index in [1.165, 1.54) is 6.07 Å². The zero-order valence-corrected chi connectivity index (χ0v) is 13.1. The molecule has 2 aromatic rings. The third-order valence-electron chi connectivity index (χ3n) is 3.54. The summed E-state index contributed by atoms with van der Waals surface area (Å²) in [7, 11) is 0. The number of rotatable bonds is 5. The highest BCUT2D eigenvalue weighted by Crippen LogP contribution is 2.21. The lowest BCUT2D eigenvalue weighted by Crippen LogP contribution is -2.15. The number of hydrogen-bond acceptors (Lipinski definition) is 2. The van der Waals surface area contributed by atoms with Crippen molar-refractivity contribution >= 4 is 22.9 Å². The van der Waals surface area contributed by atoms with Gasteiger partial charge in [-0.15, -0.1) is 0 Å². The van der Waals surface area contributed by atoms with Crippen LogP contribution in [-0.2, 0) is 6.42 Å². The Kier molecular flexibility index (Phi) is 4.91. The largest absolute Gasteiger partial charge is 0.389 e. The van der Waals surface area contributed by atoms with Gasteiger partial charge < -0.3 is 11.1 Å². The number of nitrogens with two attached hydrogens (primary N) is 1. The minimum atomic E-state index is -0.195. The summed E-state index contributed by atoms with van der Waals surface area (Å²) in [6, 6.07) is 10.8. The van der Waals surface area contributed by atoms with Gasteiger partial charge in [0.05, 0.1) is 0 Å². The average molecular weight is 302 g/mol. The van der Waals surface area contributed by atoms with Crippen molar-refractivity contribution in [3.63, 3.8) is 0 Å². The number of halogens is 1. The van der Waals surface area contributed by atoms with Crippen molar-refractivity contribution in [1.82, 2.24) is 0 Å². The summed E-state index contributed by atoms with van der Waals surface area (Å²) in [6.07, 6.45) is 0.817. The highest BCUT2D eigenvalue weighted by atomic mass is 32.1. The lowest BCUT2D eigenvalue weighted by atomic mass is 10.0.